The van der Waals surface area contributed by atoms with Crippen LogP contribution in [0, 0.1) is 0 Å². The first-order valence-corrected chi connectivity index (χ1v) is 5.89. The van der Waals surface area contributed by atoms with E-state index in [0.29, 0.717) is 6.54 Å². The molecule has 6 nitrogen and oxygen atoms in total. The summed E-state index contributed by atoms with van der Waals surface area (Å²) < 4.78 is 1.77. The lowest BCUT2D eigenvalue weighted by Gasteiger charge is -2.14. The minimum absolute atomic E-state index is 0.207. The fraction of sp³-hybridized carbons (Fsp3) is 0.308. The first kappa shape index (κ1) is 13.2. The molecule has 0 atom stereocenters. The molecule has 0 aliphatic carbocycles. The lowest BCUT2D eigenvalue weighted by atomic mass is 10.2. The Labute approximate surface area is 111 Å². The van der Waals surface area contributed by atoms with Crippen molar-refractivity contribution in [1.29, 1.82) is 0 Å². The molecule has 2 aromatic heterocycles. The molecule has 19 heavy (non-hydrogen) atoms. The Hall–Kier alpha value is -2.21. The average molecular weight is 260 g/mol. The van der Waals surface area contributed by atoms with Gasteiger partial charge in [-0.2, -0.15) is 5.10 Å². The highest BCUT2D eigenvalue weighted by atomic mass is 16.4. The summed E-state index contributed by atoms with van der Waals surface area (Å²) in [4.78, 5) is 17.0. The number of aromatic carboxylic acids is 1. The van der Waals surface area contributed by atoms with Crippen LogP contribution in [0.1, 0.15) is 21.6 Å². The van der Waals surface area contributed by atoms with E-state index in [1.807, 2.05) is 26.5 Å². The van der Waals surface area contributed by atoms with Crippen molar-refractivity contribution >= 4 is 5.97 Å². The van der Waals surface area contributed by atoms with Gasteiger partial charge in [0.2, 0.25) is 0 Å². The molecule has 2 aromatic rings. The first-order valence-electron chi connectivity index (χ1n) is 5.89. The molecular formula is C13H16N4O2. The van der Waals surface area contributed by atoms with Crippen LogP contribution in [0.4, 0.5) is 0 Å². The molecule has 0 aromatic carbocycles. The Morgan fingerprint density at radius 1 is 1.37 bits per heavy atom. The summed E-state index contributed by atoms with van der Waals surface area (Å²) in [6, 6.07) is 3.31. The Bertz CT molecular complexity index is 562. The van der Waals surface area contributed by atoms with Gasteiger partial charge in [0, 0.05) is 38.1 Å². The summed E-state index contributed by atoms with van der Waals surface area (Å²) in [5.74, 6) is -0.956. The Kier molecular flexibility index (Phi) is 3.91. The molecule has 0 unspecified atom stereocenters. The monoisotopic (exact) mass is 260 g/mol. The maximum Gasteiger partial charge on any atom is 0.337 e. The van der Waals surface area contributed by atoms with Gasteiger partial charge in [0.1, 0.15) is 0 Å². The van der Waals surface area contributed by atoms with E-state index in [1.165, 1.54) is 6.20 Å². The molecule has 0 fully saturated rings. The second kappa shape index (κ2) is 5.62. The molecule has 0 aliphatic heterocycles. The van der Waals surface area contributed by atoms with Crippen LogP contribution in [0.15, 0.2) is 30.7 Å². The minimum atomic E-state index is -0.956. The highest BCUT2D eigenvalue weighted by Crippen LogP contribution is 2.06. The number of nitrogens with zero attached hydrogens (tertiary/aromatic N) is 4. The van der Waals surface area contributed by atoms with Crippen LogP contribution in [0.3, 0.4) is 0 Å². The number of rotatable bonds is 5. The van der Waals surface area contributed by atoms with E-state index in [1.54, 1.807) is 16.8 Å². The molecule has 0 amide bonds. The maximum absolute atomic E-state index is 10.7. The normalized spacial score (nSPS) is 10.9. The number of aromatic nitrogens is 3. The maximum atomic E-state index is 10.7. The molecule has 6 heteroatoms. The smallest absolute Gasteiger partial charge is 0.337 e. The number of carboxylic acids is 1. The number of carboxylic acid groups (broad SMARTS) is 1. The van der Waals surface area contributed by atoms with Crippen molar-refractivity contribution in [3.63, 3.8) is 0 Å². The highest BCUT2D eigenvalue weighted by Gasteiger charge is 2.06. The van der Waals surface area contributed by atoms with Crippen molar-refractivity contribution in [3.8, 4) is 0 Å². The zero-order chi connectivity index (χ0) is 13.8. The van der Waals surface area contributed by atoms with Gasteiger partial charge in [-0.3, -0.25) is 14.6 Å². The number of hydrogen-bond donors (Lipinski definition) is 1. The van der Waals surface area contributed by atoms with Gasteiger partial charge >= 0.3 is 5.97 Å². The molecule has 0 spiro atoms. The van der Waals surface area contributed by atoms with E-state index in [-0.39, 0.29) is 5.56 Å². The first-order chi connectivity index (χ1) is 9.04. The molecular weight excluding hydrogens is 244 g/mol. The van der Waals surface area contributed by atoms with Crippen LogP contribution in [0.2, 0.25) is 0 Å². The molecule has 1 N–H and O–H groups in total. The van der Waals surface area contributed by atoms with Gasteiger partial charge in [0.05, 0.1) is 17.5 Å². The van der Waals surface area contributed by atoms with E-state index in [0.717, 1.165) is 17.8 Å². The summed E-state index contributed by atoms with van der Waals surface area (Å²) in [6.07, 6.45) is 5.19. The van der Waals surface area contributed by atoms with E-state index in [2.05, 4.69) is 15.0 Å². The van der Waals surface area contributed by atoms with Crippen LogP contribution in [-0.4, -0.2) is 37.8 Å². The largest absolute Gasteiger partial charge is 0.478 e. The van der Waals surface area contributed by atoms with Gasteiger partial charge in [-0.25, -0.2) is 4.79 Å². The third-order valence-electron chi connectivity index (χ3n) is 2.71. The van der Waals surface area contributed by atoms with Crippen molar-refractivity contribution < 1.29 is 9.90 Å². The summed E-state index contributed by atoms with van der Waals surface area (Å²) in [5.41, 5.74) is 2.18. The van der Waals surface area contributed by atoms with Gasteiger partial charge in [0.25, 0.3) is 0 Å². The van der Waals surface area contributed by atoms with Gasteiger partial charge in [0.15, 0.2) is 0 Å². The number of pyridine rings is 1. The number of carbonyl (C=O) groups is 1. The van der Waals surface area contributed by atoms with Crippen LogP contribution in [0.25, 0.3) is 0 Å². The van der Waals surface area contributed by atoms with E-state index in [4.69, 9.17) is 5.11 Å². The molecule has 100 valence electrons. The molecule has 0 saturated carbocycles. The van der Waals surface area contributed by atoms with E-state index in [9.17, 15) is 4.79 Å². The predicted octanol–water partition coefficient (Wildman–Crippen LogP) is 1.15. The molecule has 2 rings (SSSR count). The number of hydrogen-bond acceptors (Lipinski definition) is 4. The summed E-state index contributed by atoms with van der Waals surface area (Å²) in [6.45, 7) is 1.44. The zero-order valence-corrected chi connectivity index (χ0v) is 10.9. The topological polar surface area (TPSA) is 71.2 Å². The molecule has 0 bridgehead atoms. The van der Waals surface area contributed by atoms with Gasteiger partial charge in [-0.15, -0.1) is 0 Å². The summed E-state index contributed by atoms with van der Waals surface area (Å²) >= 11 is 0. The molecule has 0 aliphatic rings. The van der Waals surface area contributed by atoms with Gasteiger partial charge < -0.3 is 5.11 Å². The Balaban J connectivity index is 1.94. The Morgan fingerprint density at radius 2 is 2.16 bits per heavy atom. The van der Waals surface area contributed by atoms with Crippen LogP contribution < -0.4 is 0 Å². The standard InChI is InChI=1S/C13H16N4O2/c1-16(7-10-5-15-17(2)8-10)9-12-4-3-11(6-14-12)13(18)19/h3-6,8H,7,9H2,1-2H3,(H,18,19). The minimum Gasteiger partial charge on any atom is -0.478 e. The van der Waals surface area contributed by atoms with Crippen LogP contribution in [0.5, 0.6) is 0 Å². The average Bonchev–Trinajstić information content (AvgIpc) is 2.75. The SMILES string of the molecule is CN(Cc1cnn(C)c1)Cc1ccc(C(=O)O)cn1. The highest BCUT2D eigenvalue weighted by molar-refractivity contribution is 5.87. The molecule has 2 heterocycles. The fourth-order valence-electron chi connectivity index (χ4n) is 1.84. The number of aryl methyl sites for hydroxylation is 1. The van der Waals surface area contributed by atoms with Crippen molar-refractivity contribution in [3.05, 3.63) is 47.5 Å². The Morgan fingerprint density at radius 3 is 2.68 bits per heavy atom. The van der Waals surface area contributed by atoms with E-state index >= 15 is 0 Å². The second-order valence-electron chi connectivity index (χ2n) is 4.54. The third kappa shape index (κ3) is 3.62. The quantitative estimate of drug-likeness (QED) is 0.873. The summed E-state index contributed by atoms with van der Waals surface area (Å²) in [5, 5.41) is 12.9. The predicted molar refractivity (Wildman–Crippen MR) is 69.6 cm³/mol. The fourth-order valence-corrected chi connectivity index (χ4v) is 1.84. The lowest BCUT2D eigenvalue weighted by molar-refractivity contribution is 0.0696. The lowest BCUT2D eigenvalue weighted by Crippen LogP contribution is -2.17. The van der Waals surface area contributed by atoms with Crippen LogP contribution in [-0.2, 0) is 20.1 Å². The van der Waals surface area contributed by atoms with Crippen molar-refractivity contribution in [2.45, 2.75) is 13.1 Å². The molecule has 0 saturated heterocycles. The van der Waals surface area contributed by atoms with Crippen LogP contribution >= 0.6 is 0 Å². The summed E-state index contributed by atoms with van der Waals surface area (Å²) in [7, 11) is 3.87. The van der Waals surface area contributed by atoms with Gasteiger partial charge in [-0.05, 0) is 19.2 Å². The molecule has 0 radical (unpaired) electrons. The second-order valence-corrected chi connectivity index (χ2v) is 4.54. The van der Waals surface area contributed by atoms with Crippen molar-refractivity contribution in [2.75, 3.05) is 7.05 Å². The van der Waals surface area contributed by atoms with E-state index < -0.39 is 5.97 Å². The third-order valence-corrected chi connectivity index (χ3v) is 2.71. The van der Waals surface area contributed by atoms with Crippen molar-refractivity contribution in [1.82, 2.24) is 19.7 Å². The zero-order valence-electron chi connectivity index (χ0n) is 10.9. The van der Waals surface area contributed by atoms with Crippen molar-refractivity contribution in [2.24, 2.45) is 7.05 Å². The van der Waals surface area contributed by atoms with Gasteiger partial charge in [-0.1, -0.05) is 0 Å².